The lowest BCUT2D eigenvalue weighted by atomic mass is 9.85. The minimum atomic E-state index is -0.229. The van der Waals surface area contributed by atoms with E-state index >= 15 is 0 Å². The van der Waals surface area contributed by atoms with Crippen LogP contribution < -0.4 is 4.90 Å². The van der Waals surface area contributed by atoms with Crippen LogP contribution in [0.1, 0.15) is 42.5 Å². The largest absolute Gasteiger partial charge is 0.339 e. The number of amides is 3. The Kier molecular flexibility index (Phi) is 4.15. The van der Waals surface area contributed by atoms with E-state index in [1.54, 1.807) is 24.3 Å². The number of hydrogen-bond acceptors (Lipinski definition) is 3. The number of benzene rings is 1. The molecular formula is C20H22N2O3. The molecule has 2 heterocycles. The second-order valence-electron chi connectivity index (χ2n) is 7.07. The summed E-state index contributed by atoms with van der Waals surface area (Å²) in [6.07, 6.45) is 8.52. The van der Waals surface area contributed by atoms with E-state index in [9.17, 15) is 14.4 Å². The molecule has 0 saturated carbocycles. The third-order valence-electron chi connectivity index (χ3n) is 5.52. The Bertz CT molecular complexity index is 706. The van der Waals surface area contributed by atoms with Gasteiger partial charge in [0.15, 0.2) is 0 Å². The van der Waals surface area contributed by atoms with Crippen molar-refractivity contribution in [3.05, 3.63) is 42.0 Å². The molecular weight excluding hydrogens is 316 g/mol. The zero-order valence-electron chi connectivity index (χ0n) is 14.2. The van der Waals surface area contributed by atoms with Crippen LogP contribution in [-0.2, 0) is 9.59 Å². The second kappa shape index (κ2) is 6.47. The lowest BCUT2D eigenvalue weighted by Crippen LogP contribution is -2.35. The molecule has 5 nitrogen and oxygen atoms in total. The maximum atomic E-state index is 12.6. The van der Waals surface area contributed by atoms with Gasteiger partial charge in [-0.15, -0.1) is 0 Å². The van der Waals surface area contributed by atoms with Gasteiger partial charge in [-0.2, -0.15) is 0 Å². The summed E-state index contributed by atoms with van der Waals surface area (Å²) in [5.41, 5.74) is 1.18. The van der Waals surface area contributed by atoms with Crippen LogP contribution in [0.25, 0.3) is 0 Å². The molecule has 3 aliphatic rings. The normalized spacial score (nSPS) is 26.1. The van der Waals surface area contributed by atoms with Crippen molar-refractivity contribution in [3.63, 3.8) is 0 Å². The highest BCUT2D eigenvalue weighted by molar-refractivity contribution is 6.22. The van der Waals surface area contributed by atoms with Gasteiger partial charge in [-0.1, -0.05) is 12.2 Å². The Labute approximate surface area is 147 Å². The molecule has 2 aliphatic heterocycles. The van der Waals surface area contributed by atoms with Crippen LogP contribution in [0.4, 0.5) is 5.69 Å². The van der Waals surface area contributed by atoms with Crippen molar-refractivity contribution in [2.45, 2.75) is 32.1 Å². The molecule has 0 radical (unpaired) electrons. The van der Waals surface area contributed by atoms with E-state index in [2.05, 4.69) is 0 Å². The Hall–Kier alpha value is -2.43. The highest BCUT2D eigenvalue weighted by Crippen LogP contribution is 2.37. The number of likely N-dealkylation sites (tertiary alicyclic amines) is 1. The van der Waals surface area contributed by atoms with E-state index in [0.29, 0.717) is 24.1 Å². The van der Waals surface area contributed by atoms with Gasteiger partial charge >= 0.3 is 0 Å². The number of carbonyl (C=O) groups excluding carboxylic acids is 3. The number of fused-ring (bicyclic) bond motifs is 1. The van der Waals surface area contributed by atoms with E-state index in [4.69, 9.17) is 0 Å². The van der Waals surface area contributed by atoms with E-state index in [1.807, 2.05) is 17.1 Å². The van der Waals surface area contributed by atoms with Crippen LogP contribution >= 0.6 is 0 Å². The molecule has 25 heavy (non-hydrogen) atoms. The number of allylic oxidation sites excluding steroid dienone is 2. The van der Waals surface area contributed by atoms with Gasteiger partial charge in [0.05, 0.1) is 17.5 Å². The topological polar surface area (TPSA) is 57.7 Å². The molecule has 3 amide bonds. The molecule has 2 atom stereocenters. The molecule has 0 spiro atoms. The summed E-state index contributed by atoms with van der Waals surface area (Å²) in [4.78, 5) is 40.9. The molecule has 1 aliphatic carbocycles. The van der Waals surface area contributed by atoms with Gasteiger partial charge in [0.2, 0.25) is 11.8 Å². The van der Waals surface area contributed by atoms with Crippen LogP contribution in [0.3, 0.4) is 0 Å². The van der Waals surface area contributed by atoms with Gasteiger partial charge < -0.3 is 4.90 Å². The third kappa shape index (κ3) is 2.77. The number of anilines is 1. The molecule has 1 aromatic carbocycles. The SMILES string of the molecule is O=C(c1ccc(N2C(=O)[C@@H]3CC=CC[C@H]3C2=O)cc1)N1CCCCC1. The van der Waals surface area contributed by atoms with Crippen molar-refractivity contribution in [2.75, 3.05) is 18.0 Å². The molecule has 4 rings (SSSR count). The summed E-state index contributed by atoms with van der Waals surface area (Å²) in [5.74, 6) is -0.661. The summed E-state index contributed by atoms with van der Waals surface area (Å²) < 4.78 is 0. The fourth-order valence-corrected chi connectivity index (χ4v) is 4.09. The highest BCUT2D eigenvalue weighted by Gasteiger charge is 2.47. The Morgan fingerprint density at radius 2 is 1.40 bits per heavy atom. The molecule has 0 aromatic heterocycles. The van der Waals surface area contributed by atoms with Crippen LogP contribution in [-0.4, -0.2) is 35.7 Å². The minimum Gasteiger partial charge on any atom is -0.339 e. The Balaban J connectivity index is 1.53. The lowest BCUT2D eigenvalue weighted by molar-refractivity contribution is -0.122. The predicted octanol–water partition coefficient (Wildman–Crippen LogP) is 2.77. The maximum absolute atomic E-state index is 12.6. The summed E-state index contributed by atoms with van der Waals surface area (Å²) in [6.45, 7) is 1.61. The first kappa shape index (κ1) is 16.1. The average Bonchev–Trinajstić information content (AvgIpc) is 2.93. The molecule has 5 heteroatoms. The Morgan fingerprint density at radius 3 is 1.96 bits per heavy atom. The summed E-state index contributed by atoms with van der Waals surface area (Å²) in [5, 5.41) is 0. The first-order valence-corrected chi connectivity index (χ1v) is 9.09. The third-order valence-corrected chi connectivity index (χ3v) is 5.52. The molecule has 0 N–H and O–H groups in total. The molecule has 0 bridgehead atoms. The fourth-order valence-electron chi connectivity index (χ4n) is 4.09. The minimum absolute atomic E-state index is 0.0307. The van der Waals surface area contributed by atoms with Gasteiger partial charge in [-0.05, 0) is 56.4 Å². The molecule has 2 fully saturated rings. The zero-order valence-corrected chi connectivity index (χ0v) is 14.2. The van der Waals surface area contributed by atoms with Crippen molar-refractivity contribution >= 4 is 23.4 Å². The predicted molar refractivity (Wildman–Crippen MR) is 94.0 cm³/mol. The van der Waals surface area contributed by atoms with Crippen molar-refractivity contribution in [1.82, 2.24) is 4.90 Å². The molecule has 130 valence electrons. The summed E-state index contributed by atoms with van der Waals surface area (Å²) >= 11 is 0. The first-order chi connectivity index (χ1) is 12.2. The van der Waals surface area contributed by atoms with Gasteiger partial charge in [0.25, 0.3) is 5.91 Å². The van der Waals surface area contributed by atoms with Gasteiger partial charge in [-0.3, -0.25) is 19.3 Å². The maximum Gasteiger partial charge on any atom is 0.253 e. The number of rotatable bonds is 2. The number of carbonyl (C=O) groups is 3. The molecule has 2 saturated heterocycles. The molecule has 0 unspecified atom stereocenters. The fraction of sp³-hybridized carbons (Fsp3) is 0.450. The Morgan fingerprint density at radius 1 is 0.840 bits per heavy atom. The van der Waals surface area contributed by atoms with E-state index < -0.39 is 0 Å². The smallest absolute Gasteiger partial charge is 0.253 e. The first-order valence-electron chi connectivity index (χ1n) is 9.09. The van der Waals surface area contributed by atoms with Crippen LogP contribution in [0.15, 0.2) is 36.4 Å². The zero-order chi connectivity index (χ0) is 17.4. The standard InChI is InChI=1S/C20H22N2O3/c23-18(21-12-4-1-5-13-21)14-8-10-15(11-9-14)22-19(24)16-6-2-3-7-17(16)20(22)25/h2-3,8-11,16-17H,1,4-7,12-13H2/t16-,17-/m1/s1. The van der Waals surface area contributed by atoms with Gasteiger partial charge in [-0.25, -0.2) is 0 Å². The van der Waals surface area contributed by atoms with Crippen molar-refractivity contribution in [2.24, 2.45) is 11.8 Å². The second-order valence-corrected chi connectivity index (χ2v) is 7.07. The average molecular weight is 338 g/mol. The van der Waals surface area contributed by atoms with E-state index in [1.165, 1.54) is 11.3 Å². The quantitative estimate of drug-likeness (QED) is 0.615. The molecule has 1 aromatic rings. The number of imide groups is 1. The highest BCUT2D eigenvalue weighted by atomic mass is 16.2. The van der Waals surface area contributed by atoms with E-state index in [0.717, 1.165) is 25.9 Å². The monoisotopic (exact) mass is 338 g/mol. The van der Waals surface area contributed by atoms with Crippen molar-refractivity contribution in [1.29, 1.82) is 0 Å². The van der Waals surface area contributed by atoms with E-state index in [-0.39, 0.29) is 29.6 Å². The van der Waals surface area contributed by atoms with Crippen molar-refractivity contribution in [3.8, 4) is 0 Å². The lowest BCUT2D eigenvalue weighted by Gasteiger charge is -2.26. The van der Waals surface area contributed by atoms with Crippen LogP contribution in [0.2, 0.25) is 0 Å². The van der Waals surface area contributed by atoms with Gasteiger partial charge in [0.1, 0.15) is 0 Å². The summed E-state index contributed by atoms with van der Waals surface area (Å²) in [7, 11) is 0. The summed E-state index contributed by atoms with van der Waals surface area (Å²) in [6, 6.07) is 6.90. The number of piperidine rings is 1. The number of hydrogen-bond donors (Lipinski definition) is 0. The van der Waals surface area contributed by atoms with Gasteiger partial charge in [0, 0.05) is 18.7 Å². The van der Waals surface area contributed by atoms with Crippen molar-refractivity contribution < 1.29 is 14.4 Å². The van der Waals surface area contributed by atoms with Crippen LogP contribution in [0, 0.1) is 11.8 Å². The van der Waals surface area contributed by atoms with Crippen LogP contribution in [0.5, 0.6) is 0 Å². The number of nitrogens with zero attached hydrogens (tertiary/aromatic N) is 2.